The largest absolute Gasteiger partial charge is 0.387 e. The minimum Gasteiger partial charge on any atom is -0.387 e. The molecule has 1 amide bonds. The van der Waals surface area contributed by atoms with Gasteiger partial charge in [-0.05, 0) is 30.9 Å². The first kappa shape index (κ1) is 8.51. The highest BCUT2D eigenvalue weighted by Crippen LogP contribution is 2.29. The van der Waals surface area contributed by atoms with Crippen molar-refractivity contribution in [3.05, 3.63) is 22.9 Å². The van der Waals surface area contributed by atoms with Gasteiger partial charge in [-0.1, -0.05) is 6.08 Å². The van der Waals surface area contributed by atoms with Gasteiger partial charge in [-0.15, -0.1) is 0 Å². The molecule has 0 spiro atoms. The Balaban J connectivity index is 2.37. The summed E-state index contributed by atoms with van der Waals surface area (Å²) in [7, 11) is 0. The fourth-order valence-electron chi connectivity index (χ4n) is 1.88. The molecule has 2 N–H and O–H groups in total. The van der Waals surface area contributed by atoms with Crippen molar-refractivity contribution in [2.75, 3.05) is 0 Å². The number of aliphatic hydroxyl groups is 1. The molecule has 13 heavy (non-hydrogen) atoms. The lowest BCUT2D eigenvalue weighted by Crippen LogP contribution is -2.36. The lowest BCUT2D eigenvalue weighted by molar-refractivity contribution is -0.121. The summed E-state index contributed by atoms with van der Waals surface area (Å²) in [4.78, 5) is 11.1. The van der Waals surface area contributed by atoms with E-state index >= 15 is 0 Å². The third-order valence-corrected chi connectivity index (χ3v) is 2.66. The Hall–Kier alpha value is -1.09. The van der Waals surface area contributed by atoms with Crippen molar-refractivity contribution in [3.8, 4) is 0 Å². The summed E-state index contributed by atoms with van der Waals surface area (Å²) in [5.74, 6) is 0.0208. The van der Waals surface area contributed by atoms with E-state index in [2.05, 4.69) is 5.32 Å². The number of hydrogen-bond acceptors (Lipinski definition) is 2. The molecular weight excluding hydrogens is 166 g/mol. The van der Waals surface area contributed by atoms with E-state index in [9.17, 15) is 9.90 Å². The normalized spacial score (nSPS) is 28.0. The summed E-state index contributed by atoms with van der Waals surface area (Å²) in [5, 5.41) is 12.4. The fourth-order valence-corrected chi connectivity index (χ4v) is 1.88. The molecule has 0 saturated heterocycles. The SMILES string of the molecule is CC1=CCC(O)C2=C1CCC(=O)N2. The van der Waals surface area contributed by atoms with Gasteiger partial charge in [0.05, 0.1) is 11.8 Å². The molecule has 0 aromatic rings. The first-order valence-corrected chi connectivity index (χ1v) is 4.56. The summed E-state index contributed by atoms with van der Waals surface area (Å²) in [5.41, 5.74) is 3.05. The second kappa shape index (κ2) is 3.00. The molecule has 1 aliphatic heterocycles. The van der Waals surface area contributed by atoms with Crippen LogP contribution in [-0.4, -0.2) is 17.1 Å². The lowest BCUT2D eigenvalue weighted by atomic mass is 9.88. The maximum atomic E-state index is 11.1. The number of hydrogen-bond donors (Lipinski definition) is 2. The van der Waals surface area contributed by atoms with E-state index in [1.807, 2.05) is 13.0 Å². The molecule has 1 aliphatic carbocycles. The van der Waals surface area contributed by atoms with E-state index in [0.717, 1.165) is 17.7 Å². The van der Waals surface area contributed by atoms with Gasteiger partial charge in [-0.3, -0.25) is 4.79 Å². The highest BCUT2D eigenvalue weighted by atomic mass is 16.3. The highest BCUT2D eigenvalue weighted by Gasteiger charge is 2.26. The molecule has 0 aromatic heterocycles. The number of amides is 1. The number of rotatable bonds is 0. The molecular formula is C10H13NO2. The van der Waals surface area contributed by atoms with Gasteiger partial charge in [0.25, 0.3) is 0 Å². The van der Waals surface area contributed by atoms with Crippen molar-refractivity contribution in [3.63, 3.8) is 0 Å². The van der Waals surface area contributed by atoms with Gasteiger partial charge >= 0.3 is 0 Å². The summed E-state index contributed by atoms with van der Waals surface area (Å²) in [6.45, 7) is 2.03. The Morgan fingerprint density at radius 3 is 3.08 bits per heavy atom. The fraction of sp³-hybridized carbons (Fsp3) is 0.500. The average Bonchev–Trinajstić information content (AvgIpc) is 2.12. The molecule has 3 nitrogen and oxygen atoms in total. The predicted octanol–water partition coefficient (Wildman–Crippen LogP) is 0.861. The van der Waals surface area contributed by atoms with Crippen molar-refractivity contribution >= 4 is 5.91 Å². The standard InChI is InChI=1S/C10H13NO2/c1-6-2-4-8(12)10-7(6)3-5-9(13)11-10/h2,8,12H,3-5H2,1H3,(H,11,13). The molecule has 3 heteroatoms. The van der Waals surface area contributed by atoms with Gasteiger partial charge in [0, 0.05) is 6.42 Å². The first-order chi connectivity index (χ1) is 6.18. The van der Waals surface area contributed by atoms with Crippen LogP contribution in [0.2, 0.25) is 0 Å². The smallest absolute Gasteiger partial charge is 0.224 e. The summed E-state index contributed by atoms with van der Waals surface area (Å²) in [6.07, 6.45) is 3.44. The molecule has 1 atom stereocenters. The molecule has 0 saturated carbocycles. The Labute approximate surface area is 77.1 Å². The Bertz CT molecular complexity index is 315. The van der Waals surface area contributed by atoms with Gasteiger partial charge in [-0.2, -0.15) is 0 Å². The maximum Gasteiger partial charge on any atom is 0.224 e. The van der Waals surface area contributed by atoms with E-state index in [-0.39, 0.29) is 5.91 Å². The quantitative estimate of drug-likeness (QED) is 0.579. The molecule has 1 unspecified atom stereocenters. The number of carbonyl (C=O) groups is 1. The van der Waals surface area contributed by atoms with Crippen LogP contribution in [-0.2, 0) is 4.79 Å². The number of aliphatic hydroxyl groups excluding tert-OH is 1. The number of carbonyl (C=O) groups excluding carboxylic acids is 1. The van der Waals surface area contributed by atoms with Crippen LogP contribution in [0.4, 0.5) is 0 Å². The van der Waals surface area contributed by atoms with E-state index < -0.39 is 6.10 Å². The summed E-state index contributed by atoms with van der Waals surface area (Å²) in [6, 6.07) is 0. The van der Waals surface area contributed by atoms with Gasteiger partial charge in [0.1, 0.15) is 0 Å². The molecule has 0 bridgehead atoms. The molecule has 1 heterocycles. The van der Waals surface area contributed by atoms with Crippen LogP contribution in [0.1, 0.15) is 26.2 Å². The van der Waals surface area contributed by atoms with Crippen molar-refractivity contribution in [1.29, 1.82) is 0 Å². The lowest BCUT2D eigenvalue weighted by Gasteiger charge is -2.28. The highest BCUT2D eigenvalue weighted by molar-refractivity contribution is 5.80. The third-order valence-electron chi connectivity index (χ3n) is 2.66. The summed E-state index contributed by atoms with van der Waals surface area (Å²) >= 11 is 0. The predicted molar refractivity (Wildman–Crippen MR) is 48.8 cm³/mol. The molecule has 0 fully saturated rings. The van der Waals surface area contributed by atoms with Gasteiger partial charge < -0.3 is 10.4 Å². The van der Waals surface area contributed by atoms with Crippen LogP contribution in [0.25, 0.3) is 0 Å². The van der Waals surface area contributed by atoms with Gasteiger partial charge in [-0.25, -0.2) is 0 Å². The molecule has 0 radical (unpaired) electrons. The van der Waals surface area contributed by atoms with Crippen LogP contribution in [0.5, 0.6) is 0 Å². The van der Waals surface area contributed by atoms with E-state index in [1.165, 1.54) is 5.57 Å². The first-order valence-electron chi connectivity index (χ1n) is 4.56. The maximum absolute atomic E-state index is 11.1. The van der Waals surface area contributed by atoms with Crippen molar-refractivity contribution in [1.82, 2.24) is 5.32 Å². The Morgan fingerprint density at radius 1 is 1.54 bits per heavy atom. The van der Waals surface area contributed by atoms with Crippen molar-refractivity contribution in [2.24, 2.45) is 0 Å². The second-order valence-corrected chi connectivity index (χ2v) is 3.58. The topological polar surface area (TPSA) is 49.3 Å². The van der Waals surface area contributed by atoms with Crippen molar-refractivity contribution in [2.45, 2.75) is 32.3 Å². The summed E-state index contributed by atoms with van der Waals surface area (Å²) < 4.78 is 0. The van der Waals surface area contributed by atoms with Crippen LogP contribution in [0.15, 0.2) is 22.9 Å². The second-order valence-electron chi connectivity index (χ2n) is 3.58. The van der Waals surface area contributed by atoms with Crippen LogP contribution in [0.3, 0.4) is 0 Å². The van der Waals surface area contributed by atoms with Crippen LogP contribution in [0, 0.1) is 0 Å². The van der Waals surface area contributed by atoms with Crippen LogP contribution < -0.4 is 5.32 Å². The molecule has 70 valence electrons. The van der Waals surface area contributed by atoms with E-state index in [1.54, 1.807) is 0 Å². The van der Waals surface area contributed by atoms with E-state index in [4.69, 9.17) is 0 Å². The van der Waals surface area contributed by atoms with Gasteiger partial charge in [0.2, 0.25) is 5.91 Å². The molecule has 2 aliphatic rings. The van der Waals surface area contributed by atoms with E-state index in [0.29, 0.717) is 12.8 Å². The minimum absolute atomic E-state index is 0.0208. The minimum atomic E-state index is -0.511. The monoisotopic (exact) mass is 179 g/mol. The van der Waals surface area contributed by atoms with Gasteiger partial charge in [0.15, 0.2) is 0 Å². The zero-order chi connectivity index (χ0) is 9.42. The molecule has 2 rings (SSSR count). The zero-order valence-electron chi connectivity index (χ0n) is 7.63. The number of nitrogens with one attached hydrogen (secondary N) is 1. The Morgan fingerprint density at radius 2 is 2.31 bits per heavy atom. The Kier molecular flexibility index (Phi) is 1.96. The third kappa shape index (κ3) is 1.40. The van der Waals surface area contributed by atoms with Crippen molar-refractivity contribution < 1.29 is 9.90 Å². The number of allylic oxidation sites excluding steroid dienone is 2. The zero-order valence-corrected chi connectivity index (χ0v) is 7.63. The molecule has 0 aromatic carbocycles. The average molecular weight is 179 g/mol. The van der Waals surface area contributed by atoms with Crippen LogP contribution >= 0.6 is 0 Å².